The van der Waals surface area contributed by atoms with E-state index >= 15 is 0 Å². The maximum atomic E-state index is 12.3. The van der Waals surface area contributed by atoms with Crippen molar-refractivity contribution in [1.29, 1.82) is 0 Å². The second-order valence-electron chi connectivity index (χ2n) is 6.36. The highest BCUT2D eigenvalue weighted by atomic mass is 16.1. The molecule has 5 nitrogen and oxygen atoms in total. The zero-order valence-corrected chi connectivity index (χ0v) is 12.8. The lowest BCUT2D eigenvalue weighted by atomic mass is 10.1. The van der Waals surface area contributed by atoms with E-state index in [1.807, 2.05) is 19.2 Å². The monoisotopic (exact) mass is 296 g/mol. The van der Waals surface area contributed by atoms with Crippen molar-refractivity contribution in [2.45, 2.75) is 45.2 Å². The molecule has 5 heteroatoms. The third kappa shape index (κ3) is 2.57. The molecule has 2 aromatic heterocycles. The minimum absolute atomic E-state index is 0.0551. The van der Waals surface area contributed by atoms with Crippen molar-refractivity contribution in [3.8, 4) is 0 Å². The van der Waals surface area contributed by atoms with Crippen LogP contribution in [0.15, 0.2) is 23.1 Å². The van der Waals surface area contributed by atoms with Gasteiger partial charge in [-0.2, -0.15) is 0 Å². The Balaban J connectivity index is 1.56. The summed E-state index contributed by atoms with van der Waals surface area (Å²) in [5.74, 6) is 1.40. The summed E-state index contributed by atoms with van der Waals surface area (Å²) in [6, 6.07) is 4.08. The first-order valence-electron chi connectivity index (χ1n) is 7.95. The second-order valence-corrected chi connectivity index (χ2v) is 6.36. The third-order valence-corrected chi connectivity index (χ3v) is 4.64. The number of aromatic nitrogens is 3. The van der Waals surface area contributed by atoms with Gasteiger partial charge in [0.2, 0.25) is 0 Å². The van der Waals surface area contributed by atoms with Gasteiger partial charge in [0.25, 0.3) is 5.56 Å². The number of hydrogen-bond acceptors (Lipinski definition) is 4. The Labute approximate surface area is 129 Å². The maximum Gasteiger partial charge on any atom is 0.255 e. The molecule has 2 aliphatic rings. The minimum atomic E-state index is 0.0551. The normalized spacial score (nSPS) is 18.2. The van der Waals surface area contributed by atoms with Gasteiger partial charge >= 0.3 is 0 Å². The van der Waals surface area contributed by atoms with Crippen molar-refractivity contribution in [3.63, 3.8) is 0 Å². The Bertz CT molecular complexity index is 763. The van der Waals surface area contributed by atoms with Crippen LogP contribution < -0.4 is 5.56 Å². The number of rotatable bonds is 3. The average molecular weight is 296 g/mol. The van der Waals surface area contributed by atoms with E-state index in [2.05, 4.69) is 20.9 Å². The summed E-state index contributed by atoms with van der Waals surface area (Å²) < 4.78 is 0. The Morgan fingerprint density at radius 1 is 1.41 bits per heavy atom. The summed E-state index contributed by atoms with van der Waals surface area (Å²) in [6.45, 7) is 4.49. The number of hydrogen-bond donors (Lipinski definition) is 1. The number of nitrogens with zero attached hydrogens (tertiary/aromatic N) is 3. The molecule has 0 atom stereocenters. The van der Waals surface area contributed by atoms with E-state index in [0.717, 1.165) is 55.1 Å². The van der Waals surface area contributed by atoms with Crippen molar-refractivity contribution < 1.29 is 0 Å². The standard InChI is InChI=1S/C17H20N4O/c1-11-13(3-2-7-18-11)9-21-8-6-15-14(10-21)17(22)20-16(19-15)12-4-5-12/h2-3,7,12H,4-6,8-10H2,1H3,(H,19,20,22). The molecule has 0 bridgehead atoms. The van der Waals surface area contributed by atoms with Gasteiger partial charge in [0, 0.05) is 43.9 Å². The quantitative estimate of drug-likeness (QED) is 0.940. The Hall–Kier alpha value is -2.01. The fourth-order valence-corrected chi connectivity index (χ4v) is 3.11. The van der Waals surface area contributed by atoms with Gasteiger partial charge in [-0.15, -0.1) is 0 Å². The molecule has 0 saturated heterocycles. The van der Waals surface area contributed by atoms with Gasteiger partial charge in [-0.3, -0.25) is 14.7 Å². The molecule has 114 valence electrons. The molecule has 1 fully saturated rings. The first kappa shape index (κ1) is 13.6. The SMILES string of the molecule is Cc1ncccc1CN1CCc2nc(C3CC3)[nH]c(=O)c2C1. The minimum Gasteiger partial charge on any atom is -0.310 e. The van der Waals surface area contributed by atoms with E-state index in [4.69, 9.17) is 4.98 Å². The van der Waals surface area contributed by atoms with Crippen LogP contribution in [-0.4, -0.2) is 26.4 Å². The fraction of sp³-hybridized carbons (Fsp3) is 0.471. The molecule has 22 heavy (non-hydrogen) atoms. The smallest absolute Gasteiger partial charge is 0.255 e. The first-order chi connectivity index (χ1) is 10.7. The molecule has 0 unspecified atom stereocenters. The molecule has 4 rings (SSSR count). The number of aryl methyl sites for hydroxylation is 1. The Morgan fingerprint density at radius 2 is 2.27 bits per heavy atom. The molecule has 1 saturated carbocycles. The summed E-state index contributed by atoms with van der Waals surface area (Å²) >= 11 is 0. The predicted molar refractivity (Wildman–Crippen MR) is 83.6 cm³/mol. The van der Waals surface area contributed by atoms with Crippen molar-refractivity contribution >= 4 is 0 Å². The molecular formula is C17H20N4O. The van der Waals surface area contributed by atoms with Crippen molar-refractivity contribution in [2.24, 2.45) is 0 Å². The van der Waals surface area contributed by atoms with E-state index in [1.54, 1.807) is 0 Å². The lowest BCUT2D eigenvalue weighted by Crippen LogP contribution is -2.36. The average Bonchev–Trinajstić information content (AvgIpc) is 3.35. The summed E-state index contributed by atoms with van der Waals surface area (Å²) in [4.78, 5) is 26.7. The largest absolute Gasteiger partial charge is 0.310 e. The van der Waals surface area contributed by atoms with Crippen molar-refractivity contribution in [1.82, 2.24) is 19.9 Å². The van der Waals surface area contributed by atoms with Gasteiger partial charge in [-0.25, -0.2) is 4.98 Å². The first-order valence-corrected chi connectivity index (χ1v) is 7.95. The molecule has 0 radical (unpaired) electrons. The Morgan fingerprint density at radius 3 is 3.05 bits per heavy atom. The second kappa shape index (κ2) is 5.32. The number of aromatic amines is 1. The predicted octanol–water partition coefficient (Wildman–Crippen LogP) is 1.91. The van der Waals surface area contributed by atoms with E-state index < -0.39 is 0 Å². The van der Waals surface area contributed by atoms with Gasteiger partial charge in [-0.1, -0.05) is 6.07 Å². The molecule has 0 aromatic carbocycles. The molecule has 0 spiro atoms. The van der Waals surface area contributed by atoms with Crippen molar-refractivity contribution in [3.05, 3.63) is 57.0 Å². The van der Waals surface area contributed by atoms with Crippen molar-refractivity contribution in [2.75, 3.05) is 6.54 Å². The van der Waals surface area contributed by atoms with Gasteiger partial charge in [-0.05, 0) is 31.4 Å². The highest BCUT2D eigenvalue weighted by Crippen LogP contribution is 2.37. The van der Waals surface area contributed by atoms with Crippen LogP contribution in [0.4, 0.5) is 0 Å². The highest BCUT2D eigenvalue weighted by Gasteiger charge is 2.29. The van der Waals surface area contributed by atoms with Crippen LogP contribution in [-0.2, 0) is 19.5 Å². The zero-order valence-electron chi connectivity index (χ0n) is 12.8. The molecule has 1 aliphatic heterocycles. The molecule has 3 heterocycles. The molecule has 1 aliphatic carbocycles. The van der Waals surface area contributed by atoms with E-state index in [1.165, 1.54) is 5.56 Å². The lowest BCUT2D eigenvalue weighted by Gasteiger charge is -2.28. The fourth-order valence-electron chi connectivity index (χ4n) is 3.11. The molecule has 0 amide bonds. The summed E-state index contributed by atoms with van der Waals surface area (Å²) in [6.07, 6.45) is 5.00. The third-order valence-electron chi connectivity index (χ3n) is 4.64. The van der Waals surface area contributed by atoms with E-state index in [0.29, 0.717) is 12.5 Å². The molecular weight excluding hydrogens is 276 g/mol. The number of nitrogens with one attached hydrogen (secondary N) is 1. The Kier molecular flexibility index (Phi) is 3.30. The van der Waals surface area contributed by atoms with Gasteiger partial charge in [0.05, 0.1) is 11.3 Å². The van der Waals surface area contributed by atoms with Crippen LogP contribution in [0.1, 0.15) is 47.1 Å². The van der Waals surface area contributed by atoms with Gasteiger partial charge in [0.15, 0.2) is 0 Å². The van der Waals surface area contributed by atoms with Gasteiger partial charge < -0.3 is 4.98 Å². The van der Waals surface area contributed by atoms with Crippen LogP contribution in [0.2, 0.25) is 0 Å². The van der Waals surface area contributed by atoms with Crippen LogP contribution in [0, 0.1) is 6.92 Å². The highest BCUT2D eigenvalue weighted by molar-refractivity contribution is 5.24. The lowest BCUT2D eigenvalue weighted by molar-refractivity contribution is 0.240. The van der Waals surface area contributed by atoms with Crippen LogP contribution >= 0.6 is 0 Å². The van der Waals surface area contributed by atoms with Crippen LogP contribution in [0.5, 0.6) is 0 Å². The zero-order chi connectivity index (χ0) is 15.1. The molecule has 2 aromatic rings. The number of fused-ring (bicyclic) bond motifs is 1. The van der Waals surface area contributed by atoms with E-state index in [-0.39, 0.29) is 5.56 Å². The van der Waals surface area contributed by atoms with Crippen LogP contribution in [0.25, 0.3) is 0 Å². The molecule has 1 N–H and O–H groups in total. The van der Waals surface area contributed by atoms with Crippen LogP contribution in [0.3, 0.4) is 0 Å². The topological polar surface area (TPSA) is 61.9 Å². The van der Waals surface area contributed by atoms with E-state index in [9.17, 15) is 4.79 Å². The van der Waals surface area contributed by atoms with Gasteiger partial charge in [0.1, 0.15) is 5.82 Å². The number of H-pyrrole nitrogens is 1. The number of pyridine rings is 1. The summed E-state index contributed by atoms with van der Waals surface area (Å²) in [5.41, 5.74) is 4.19. The maximum absolute atomic E-state index is 12.3. The summed E-state index contributed by atoms with van der Waals surface area (Å²) in [7, 11) is 0. The summed E-state index contributed by atoms with van der Waals surface area (Å²) in [5, 5.41) is 0.